The van der Waals surface area contributed by atoms with Gasteiger partial charge in [0, 0.05) is 19.8 Å². The lowest BCUT2D eigenvalue weighted by molar-refractivity contribution is -0.147. The Morgan fingerprint density at radius 3 is 2.30 bits per heavy atom. The number of aryl methyl sites for hydroxylation is 1. The van der Waals surface area contributed by atoms with E-state index in [0.717, 1.165) is 11.1 Å². The molecular weight excluding hydrogens is 294 g/mol. The van der Waals surface area contributed by atoms with Gasteiger partial charge in [-0.3, -0.25) is 9.59 Å². The largest absolute Gasteiger partial charge is 0.481 e. The Kier molecular flexibility index (Phi) is 5.09. The van der Waals surface area contributed by atoms with Crippen LogP contribution in [0.4, 0.5) is 0 Å². The van der Waals surface area contributed by atoms with E-state index in [0.29, 0.717) is 26.1 Å². The minimum atomic E-state index is -0.991. The molecule has 1 aliphatic rings. The monoisotopic (exact) mass is 319 g/mol. The number of hydrogen-bond donors (Lipinski definition) is 2. The fourth-order valence-corrected chi connectivity index (χ4v) is 2.79. The molecule has 2 N–H and O–H groups in total. The highest BCUT2D eigenvalue weighted by atomic mass is 16.5. The summed E-state index contributed by atoms with van der Waals surface area (Å²) in [5, 5.41) is 12.1. The Labute approximate surface area is 137 Å². The summed E-state index contributed by atoms with van der Waals surface area (Å²) in [7, 11) is 0. The normalized spacial score (nSPS) is 17.5. The third kappa shape index (κ3) is 3.72. The smallest absolute Gasteiger partial charge is 0.310 e. The zero-order chi connectivity index (χ0) is 17.1. The number of ether oxygens (including phenoxy) is 1. The van der Waals surface area contributed by atoms with E-state index in [2.05, 4.69) is 5.32 Å². The summed E-state index contributed by atoms with van der Waals surface area (Å²) in [6.45, 7) is 6.40. The Hall–Kier alpha value is -1.88. The molecule has 5 heteroatoms. The number of rotatable bonds is 5. The van der Waals surface area contributed by atoms with Crippen LogP contribution in [-0.4, -0.2) is 36.7 Å². The lowest BCUT2D eigenvalue weighted by Gasteiger charge is -2.37. The van der Waals surface area contributed by atoms with Crippen molar-refractivity contribution in [3.8, 4) is 0 Å². The van der Waals surface area contributed by atoms with Gasteiger partial charge >= 0.3 is 5.97 Å². The minimum Gasteiger partial charge on any atom is -0.481 e. The van der Waals surface area contributed by atoms with Crippen LogP contribution in [0, 0.1) is 12.3 Å². The van der Waals surface area contributed by atoms with Crippen molar-refractivity contribution in [3.05, 3.63) is 35.4 Å². The molecule has 23 heavy (non-hydrogen) atoms. The van der Waals surface area contributed by atoms with Crippen molar-refractivity contribution < 1.29 is 19.4 Å². The summed E-state index contributed by atoms with van der Waals surface area (Å²) in [4.78, 5) is 24.1. The van der Waals surface area contributed by atoms with Gasteiger partial charge < -0.3 is 15.2 Å². The Bertz CT molecular complexity index is 571. The van der Waals surface area contributed by atoms with Gasteiger partial charge in [0.25, 0.3) is 0 Å². The number of benzene rings is 1. The van der Waals surface area contributed by atoms with Crippen LogP contribution < -0.4 is 5.32 Å². The van der Waals surface area contributed by atoms with Gasteiger partial charge in [-0.05, 0) is 39.2 Å². The summed E-state index contributed by atoms with van der Waals surface area (Å²) in [5.41, 5.74) is 0.482. The topological polar surface area (TPSA) is 75.6 Å². The number of amides is 1. The molecule has 0 unspecified atom stereocenters. The van der Waals surface area contributed by atoms with Crippen LogP contribution in [0.1, 0.15) is 37.8 Å². The van der Waals surface area contributed by atoms with Gasteiger partial charge in [0.05, 0.1) is 10.8 Å². The molecule has 0 atom stereocenters. The standard InChI is InChI=1S/C18H25NO4/c1-13-4-6-14(7-5-13)18(8-10-23-11-9-18)15(20)19-12-17(2,3)16(21)22/h4-7H,8-12H2,1-3H3,(H,19,20)(H,21,22). The SMILES string of the molecule is Cc1ccc(C2(C(=O)NCC(C)(C)C(=O)O)CCOCC2)cc1. The Morgan fingerprint density at radius 2 is 1.78 bits per heavy atom. The first-order valence-electron chi connectivity index (χ1n) is 7.94. The van der Waals surface area contributed by atoms with E-state index in [9.17, 15) is 14.7 Å². The average molecular weight is 319 g/mol. The highest BCUT2D eigenvalue weighted by Crippen LogP contribution is 2.35. The summed E-state index contributed by atoms with van der Waals surface area (Å²) >= 11 is 0. The second kappa shape index (κ2) is 6.71. The van der Waals surface area contributed by atoms with Crippen LogP contribution >= 0.6 is 0 Å². The Balaban J connectivity index is 2.22. The van der Waals surface area contributed by atoms with Crippen molar-refractivity contribution in [2.45, 2.75) is 39.0 Å². The molecular formula is C18H25NO4. The van der Waals surface area contributed by atoms with Gasteiger partial charge in [-0.15, -0.1) is 0 Å². The van der Waals surface area contributed by atoms with E-state index in [1.165, 1.54) is 0 Å². The quantitative estimate of drug-likeness (QED) is 0.873. The van der Waals surface area contributed by atoms with E-state index >= 15 is 0 Å². The summed E-state index contributed by atoms with van der Waals surface area (Å²) in [6.07, 6.45) is 1.21. The molecule has 0 radical (unpaired) electrons. The number of carboxylic acid groups (broad SMARTS) is 1. The van der Waals surface area contributed by atoms with E-state index in [-0.39, 0.29) is 12.5 Å². The van der Waals surface area contributed by atoms with Crippen LogP contribution in [-0.2, 0) is 19.7 Å². The Morgan fingerprint density at radius 1 is 1.22 bits per heavy atom. The molecule has 1 amide bonds. The first-order chi connectivity index (χ1) is 10.8. The fourth-order valence-electron chi connectivity index (χ4n) is 2.79. The lowest BCUT2D eigenvalue weighted by atomic mass is 9.73. The lowest BCUT2D eigenvalue weighted by Crippen LogP contribution is -2.50. The van der Waals surface area contributed by atoms with Crippen LogP contribution in [0.15, 0.2) is 24.3 Å². The first-order valence-corrected chi connectivity index (χ1v) is 7.94. The second-order valence-corrected chi connectivity index (χ2v) is 6.93. The van der Waals surface area contributed by atoms with Crippen LogP contribution in [0.2, 0.25) is 0 Å². The third-order valence-corrected chi connectivity index (χ3v) is 4.65. The van der Waals surface area contributed by atoms with E-state index in [1.54, 1.807) is 13.8 Å². The molecule has 0 bridgehead atoms. The summed E-state index contributed by atoms with van der Waals surface area (Å²) < 4.78 is 5.43. The van der Waals surface area contributed by atoms with E-state index in [1.807, 2.05) is 31.2 Å². The average Bonchev–Trinajstić information content (AvgIpc) is 2.53. The van der Waals surface area contributed by atoms with Crippen LogP contribution in [0.25, 0.3) is 0 Å². The zero-order valence-electron chi connectivity index (χ0n) is 14.0. The highest BCUT2D eigenvalue weighted by Gasteiger charge is 2.42. The molecule has 1 saturated heterocycles. The molecule has 1 aromatic rings. The number of carbonyl (C=O) groups excluding carboxylic acids is 1. The molecule has 1 heterocycles. The molecule has 0 aromatic heterocycles. The first kappa shape index (κ1) is 17.5. The predicted molar refractivity (Wildman–Crippen MR) is 87.3 cm³/mol. The predicted octanol–water partition coefficient (Wildman–Crippen LogP) is 2.27. The fraction of sp³-hybridized carbons (Fsp3) is 0.556. The van der Waals surface area contributed by atoms with Gasteiger partial charge in [0.1, 0.15) is 0 Å². The maximum Gasteiger partial charge on any atom is 0.310 e. The van der Waals surface area contributed by atoms with Gasteiger partial charge in [-0.1, -0.05) is 29.8 Å². The molecule has 0 spiro atoms. The van der Waals surface area contributed by atoms with Gasteiger partial charge in [0.2, 0.25) is 5.91 Å². The van der Waals surface area contributed by atoms with Gasteiger partial charge in [0.15, 0.2) is 0 Å². The molecule has 1 aliphatic heterocycles. The molecule has 0 saturated carbocycles. The van der Waals surface area contributed by atoms with Crippen molar-refractivity contribution in [1.29, 1.82) is 0 Å². The number of carbonyl (C=O) groups is 2. The number of nitrogens with one attached hydrogen (secondary N) is 1. The highest BCUT2D eigenvalue weighted by molar-refractivity contribution is 5.89. The molecule has 0 aliphatic carbocycles. The molecule has 2 rings (SSSR count). The van der Waals surface area contributed by atoms with Crippen LogP contribution in [0.5, 0.6) is 0 Å². The second-order valence-electron chi connectivity index (χ2n) is 6.93. The number of hydrogen-bond acceptors (Lipinski definition) is 3. The summed E-state index contributed by atoms with van der Waals surface area (Å²) in [5.74, 6) is -1.03. The summed E-state index contributed by atoms with van der Waals surface area (Å²) in [6, 6.07) is 7.98. The molecule has 1 aromatic carbocycles. The van der Waals surface area contributed by atoms with Crippen molar-refractivity contribution in [1.82, 2.24) is 5.32 Å². The van der Waals surface area contributed by atoms with Crippen molar-refractivity contribution in [2.24, 2.45) is 5.41 Å². The maximum atomic E-state index is 12.9. The third-order valence-electron chi connectivity index (χ3n) is 4.65. The van der Waals surface area contributed by atoms with E-state index in [4.69, 9.17) is 4.74 Å². The molecule has 1 fully saturated rings. The number of aliphatic carboxylic acids is 1. The molecule has 126 valence electrons. The van der Waals surface area contributed by atoms with Gasteiger partial charge in [-0.25, -0.2) is 0 Å². The van der Waals surface area contributed by atoms with Crippen LogP contribution in [0.3, 0.4) is 0 Å². The molecule has 5 nitrogen and oxygen atoms in total. The minimum absolute atomic E-state index is 0.107. The van der Waals surface area contributed by atoms with Crippen molar-refractivity contribution >= 4 is 11.9 Å². The van der Waals surface area contributed by atoms with Crippen molar-refractivity contribution in [2.75, 3.05) is 19.8 Å². The van der Waals surface area contributed by atoms with E-state index < -0.39 is 16.8 Å². The van der Waals surface area contributed by atoms with Crippen molar-refractivity contribution in [3.63, 3.8) is 0 Å². The number of carboxylic acids is 1. The zero-order valence-corrected chi connectivity index (χ0v) is 14.0. The van der Waals surface area contributed by atoms with Gasteiger partial charge in [-0.2, -0.15) is 0 Å². The maximum absolute atomic E-state index is 12.9.